The number of nitrogens with zero attached hydrogens (tertiary/aromatic N) is 1. The van der Waals surface area contributed by atoms with Crippen molar-refractivity contribution in [2.24, 2.45) is 0 Å². The van der Waals surface area contributed by atoms with E-state index in [4.69, 9.17) is 18.5 Å². The number of esters is 2. The second-order valence-electron chi connectivity index (χ2n) is 24.2. The van der Waals surface area contributed by atoms with Crippen LogP contribution in [0.4, 0.5) is 0 Å². The summed E-state index contributed by atoms with van der Waals surface area (Å²) >= 11 is 0. The van der Waals surface area contributed by atoms with Crippen molar-refractivity contribution >= 4 is 19.8 Å². The number of ether oxygens (including phenoxy) is 2. The summed E-state index contributed by atoms with van der Waals surface area (Å²) in [6.45, 7) is 4.09. The van der Waals surface area contributed by atoms with E-state index in [-0.39, 0.29) is 26.1 Å². The van der Waals surface area contributed by atoms with E-state index in [1.807, 2.05) is 21.1 Å². The van der Waals surface area contributed by atoms with Crippen molar-refractivity contribution in [3.05, 3.63) is 134 Å². The summed E-state index contributed by atoms with van der Waals surface area (Å²) in [5, 5.41) is 0. The van der Waals surface area contributed by atoms with Crippen molar-refractivity contribution in [3.8, 4) is 0 Å². The van der Waals surface area contributed by atoms with Crippen LogP contribution in [0.25, 0.3) is 0 Å². The molecule has 0 saturated heterocycles. The quantitative estimate of drug-likeness (QED) is 0.0195. The smallest absolute Gasteiger partial charge is 0.306 e. The van der Waals surface area contributed by atoms with Crippen LogP contribution in [-0.2, 0) is 32.7 Å². The van der Waals surface area contributed by atoms with Gasteiger partial charge in [0.1, 0.15) is 19.8 Å². The van der Waals surface area contributed by atoms with E-state index in [2.05, 4.69) is 148 Å². The third-order valence-corrected chi connectivity index (χ3v) is 15.6. The second-order valence-corrected chi connectivity index (χ2v) is 25.6. The Balaban J connectivity index is 4.12. The zero-order chi connectivity index (χ0) is 62.6. The van der Waals surface area contributed by atoms with E-state index in [0.29, 0.717) is 17.4 Å². The molecule has 492 valence electrons. The standard InChI is InChI=1S/C76H130NO8P/c1-6-8-10-12-14-16-18-20-22-24-26-28-30-32-34-36-37-38-39-41-42-44-46-48-50-52-54-56-58-60-62-64-66-68-75(78)82-72-74(73-84-86(80,81)83-71-70-77(3,4)5)85-76(79)69-67-65-63-61-59-57-55-53-51-49-47-45-43-40-35-33-31-29-27-25-23-21-19-17-15-13-11-9-7-2/h9,11,15,17-18,20-21,23-24,26-27,29-30,32-33,35,43,45,49,51,55,57,74H,6-8,10,12-14,16,19,22,25,28,31,34,36-42,44,46-48,50,52-54,56,58-73H2,1-5H3/b11-9-,17-15-,20-18-,23-21-,26-24-,29-27-,32-30-,35-33-,45-43-,51-49-,57-55-. The number of rotatable bonds is 63. The number of quaternary nitrogens is 1. The van der Waals surface area contributed by atoms with Gasteiger partial charge in [-0.05, 0) is 116 Å². The van der Waals surface area contributed by atoms with Crippen LogP contribution in [0.5, 0.6) is 0 Å². The minimum atomic E-state index is -4.66. The molecule has 0 aliphatic heterocycles. The zero-order valence-electron chi connectivity index (χ0n) is 56.0. The number of carbonyl (C=O) groups is 2. The Morgan fingerprint density at radius 2 is 0.663 bits per heavy atom. The SMILES string of the molecule is CC/C=C\C/C=C\C/C=C\C/C=C\C/C=C\C/C=C\C/C=C\C/C=C\CCCCCCC(=O)OC(COC(=O)CCCCCCCCCCCCCCCCCCCC/C=C\C/C=C\C/C=C\CCCCCCC)COP(=O)([O-])OCC[N+](C)(C)C. The fourth-order valence-electron chi connectivity index (χ4n) is 9.33. The molecule has 0 bridgehead atoms. The summed E-state index contributed by atoms with van der Waals surface area (Å²) in [6, 6.07) is 0. The molecule has 0 aromatic heterocycles. The van der Waals surface area contributed by atoms with Crippen molar-refractivity contribution in [2.75, 3.05) is 47.5 Å². The predicted molar refractivity (Wildman–Crippen MR) is 369 cm³/mol. The van der Waals surface area contributed by atoms with Gasteiger partial charge in [-0.2, -0.15) is 0 Å². The maximum atomic E-state index is 12.8. The maximum absolute atomic E-state index is 12.8. The minimum Gasteiger partial charge on any atom is -0.756 e. The molecule has 0 amide bonds. The highest BCUT2D eigenvalue weighted by Crippen LogP contribution is 2.38. The second kappa shape index (κ2) is 65.6. The number of unbranched alkanes of at least 4 members (excludes halogenated alkanes) is 27. The summed E-state index contributed by atoms with van der Waals surface area (Å²) in [5.41, 5.74) is 0. The number of hydrogen-bond donors (Lipinski definition) is 0. The Kier molecular flexibility index (Phi) is 62.7. The number of likely N-dealkylation sites (N-methyl/N-ethyl adjacent to an activating group) is 1. The van der Waals surface area contributed by atoms with Crippen LogP contribution in [0, 0.1) is 0 Å². The topological polar surface area (TPSA) is 111 Å². The Labute approximate surface area is 530 Å². The Bertz CT molecular complexity index is 1910. The van der Waals surface area contributed by atoms with Gasteiger partial charge in [-0.3, -0.25) is 14.2 Å². The molecule has 0 aromatic rings. The maximum Gasteiger partial charge on any atom is 0.306 e. The lowest BCUT2D eigenvalue weighted by Crippen LogP contribution is -2.37. The number of allylic oxidation sites excluding steroid dienone is 22. The van der Waals surface area contributed by atoms with Crippen molar-refractivity contribution in [1.82, 2.24) is 0 Å². The molecule has 86 heavy (non-hydrogen) atoms. The van der Waals surface area contributed by atoms with Gasteiger partial charge in [0.15, 0.2) is 6.10 Å². The van der Waals surface area contributed by atoms with Gasteiger partial charge in [0.25, 0.3) is 7.82 Å². The molecule has 0 aliphatic rings. The van der Waals surface area contributed by atoms with Crippen LogP contribution in [0.15, 0.2) is 134 Å². The Morgan fingerprint density at radius 1 is 0.372 bits per heavy atom. The summed E-state index contributed by atoms with van der Waals surface area (Å²) < 4.78 is 34.3. The summed E-state index contributed by atoms with van der Waals surface area (Å²) in [6.07, 6.45) is 95.3. The fraction of sp³-hybridized carbons (Fsp3) is 0.684. The average Bonchev–Trinajstić information content (AvgIpc) is 3.67. The predicted octanol–water partition coefficient (Wildman–Crippen LogP) is 22.2. The summed E-state index contributed by atoms with van der Waals surface area (Å²) in [5.74, 6) is -0.864. The molecule has 0 aliphatic carbocycles. The highest BCUT2D eigenvalue weighted by molar-refractivity contribution is 7.45. The van der Waals surface area contributed by atoms with Crippen LogP contribution in [0.3, 0.4) is 0 Å². The van der Waals surface area contributed by atoms with Crippen molar-refractivity contribution in [1.29, 1.82) is 0 Å². The molecule has 0 saturated carbocycles. The number of carbonyl (C=O) groups excluding carboxylic acids is 2. The number of hydrogen-bond acceptors (Lipinski definition) is 8. The van der Waals surface area contributed by atoms with Gasteiger partial charge in [-0.25, -0.2) is 0 Å². The van der Waals surface area contributed by atoms with Gasteiger partial charge < -0.3 is 27.9 Å². The van der Waals surface area contributed by atoms with Crippen LogP contribution in [0.1, 0.15) is 284 Å². The monoisotopic (exact) mass is 1220 g/mol. The molecular formula is C76H130NO8P. The molecule has 0 fully saturated rings. The normalized spacial score (nSPS) is 14.0. The molecule has 9 nitrogen and oxygen atoms in total. The van der Waals surface area contributed by atoms with E-state index >= 15 is 0 Å². The molecule has 0 N–H and O–H groups in total. The van der Waals surface area contributed by atoms with E-state index in [0.717, 1.165) is 109 Å². The first-order valence-corrected chi connectivity index (χ1v) is 36.4. The van der Waals surface area contributed by atoms with Gasteiger partial charge in [-0.15, -0.1) is 0 Å². The lowest BCUT2D eigenvalue weighted by atomic mass is 10.0. The number of phosphoric acid groups is 1. The zero-order valence-corrected chi connectivity index (χ0v) is 56.9. The molecule has 0 radical (unpaired) electrons. The highest BCUT2D eigenvalue weighted by atomic mass is 31.2. The highest BCUT2D eigenvalue weighted by Gasteiger charge is 2.22. The van der Waals surface area contributed by atoms with Gasteiger partial charge in [0.05, 0.1) is 27.7 Å². The van der Waals surface area contributed by atoms with Gasteiger partial charge in [0, 0.05) is 12.8 Å². The molecule has 0 aromatic carbocycles. The van der Waals surface area contributed by atoms with Crippen LogP contribution < -0.4 is 4.89 Å². The molecular weight excluding hydrogens is 1090 g/mol. The number of phosphoric ester groups is 1. The van der Waals surface area contributed by atoms with E-state index in [9.17, 15) is 19.0 Å². The van der Waals surface area contributed by atoms with E-state index in [1.54, 1.807) is 0 Å². The average molecular weight is 1220 g/mol. The van der Waals surface area contributed by atoms with Crippen LogP contribution in [-0.4, -0.2) is 70.0 Å². The Morgan fingerprint density at radius 3 is 0.988 bits per heavy atom. The van der Waals surface area contributed by atoms with Gasteiger partial charge >= 0.3 is 11.9 Å². The fourth-order valence-corrected chi connectivity index (χ4v) is 10.1. The van der Waals surface area contributed by atoms with Crippen molar-refractivity contribution < 1.29 is 42.1 Å². The molecule has 0 spiro atoms. The lowest BCUT2D eigenvalue weighted by molar-refractivity contribution is -0.870. The molecule has 10 heteroatoms. The first-order valence-electron chi connectivity index (χ1n) is 34.9. The van der Waals surface area contributed by atoms with Crippen LogP contribution in [0.2, 0.25) is 0 Å². The van der Waals surface area contributed by atoms with E-state index < -0.39 is 32.5 Å². The Hall–Kier alpha value is -3.85. The van der Waals surface area contributed by atoms with Gasteiger partial charge in [0.2, 0.25) is 0 Å². The molecule has 2 atom stereocenters. The third-order valence-electron chi connectivity index (χ3n) is 14.7. The first-order chi connectivity index (χ1) is 42.0. The summed E-state index contributed by atoms with van der Waals surface area (Å²) in [7, 11) is 1.14. The minimum absolute atomic E-state index is 0.0424. The molecule has 0 heterocycles. The van der Waals surface area contributed by atoms with E-state index in [1.165, 1.54) is 141 Å². The van der Waals surface area contributed by atoms with Crippen molar-refractivity contribution in [3.63, 3.8) is 0 Å². The largest absolute Gasteiger partial charge is 0.756 e. The first kappa shape index (κ1) is 82.1. The van der Waals surface area contributed by atoms with Gasteiger partial charge in [-0.1, -0.05) is 289 Å². The van der Waals surface area contributed by atoms with Crippen molar-refractivity contribution in [2.45, 2.75) is 290 Å². The lowest BCUT2D eigenvalue weighted by Gasteiger charge is -2.28. The van der Waals surface area contributed by atoms with Crippen LogP contribution >= 0.6 is 7.82 Å². The molecule has 0 rings (SSSR count). The third kappa shape index (κ3) is 69.3. The molecule has 2 unspecified atom stereocenters. The summed E-state index contributed by atoms with van der Waals surface area (Å²) in [4.78, 5) is 38.1.